The van der Waals surface area contributed by atoms with Crippen LogP contribution in [0.4, 0.5) is 4.39 Å². The minimum Gasteiger partial charge on any atom is -0.492 e. The van der Waals surface area contributed by atoms with E-state index in [1.807, 2.05) is 25.1 Å². The van der Waals surface area contributed by atoms with Crippen molar-refractivity contribution in [2.75, 3.05) is 13.7 Å². The Morgan fingerprint density at radius 1 is 1.33 bits per heavy atom. The van der Waals surface area contributed by atoms with Gasteiger partial charge in [0.2, 0.25) is 0 Å². The quantitative estimate of drug-likeness (QED) is 0.787. The van der Waals surface area contributed by atoms with Gasteiger partial charge in [0.1, 0.15) is 0 Å². The first-order valence-corrected chi connectivity index (χ1v) is 8.23. The van der Waals surface area contributed by atoms with Gasteiger partial charge in [0, 0.05) is 25.3 Å². The summed E-state index contributed by atoms with van der Waals surface area (Å²) in [4.78, 5) is 6.40. The van der Waals surface area contributed by atoms with Crippen molar-refractivity contribution in [3.63, 3.8) is 0 Å². The van der Waals surface area contributed by atoms with Crippen LogP contribution in [0.5, 0.6) is 5.75 Å². The molecule has 1 aromatic heterocycles. The molecule has 0 saturated heterocycles. The first-order chi connectivity index (χ1) is 11.6. The minimum absolute atomic E-state index is 0.0235. The highest BCUT2D eigenvalue weighted by Crippen LogP contribution is 2.29. The molecule has 0 fully saturated rings. The van der Waals surface area contributed by atoms with E-state index >= 15 is 0 Å². The topological polar surface area (TPSA) is 45.6 Å². The molecule has 1 atom stereocenters. The number of hydrogen-bond acceptors (Lipinski definition) is 4. The summed E-state index contributed by atoms with van der Waals surface area (Å²) >= 11 is 6.08. The lowest BCUT2D eigenvalue weighted by Crippen LogP contribution is -2.36. The zero-order valence-corrected chi connectivity index (χ0v) is 14.6. The van der Waals surface area contributed by atoms with E-state index in [2.05, 4.69) is 9.88 Å². The summed E-state index contributed by atoms with van der Waals surface area (Å²) in [5, 5.41) is 9.90. The summed E-state index contributed by atoms with van der Waals surface area (Å²) in [6.45, 7) is 3.05. The molecule has 6 heteroatoms. The van der Waals surface area contributed by atoms with Crippen LogP contribution in [0.1, 0.15) is 24.6 Å². The molecule has 2 aromatic rings. The highest BCUT2D eigenvalue weighted by atomic mass is 35.5. The van der Waals surface area contributed by atoms with Gasteiger partial charge in [-0.2, -0.15) is 0 Å². The van der Waals surface area contributed by atoms with Crippen molar-refractivity contribution >= 4 is 11.6 Å². The fourth-order valence-corrected chi connectivity index (χ4v) is 2.96. The third-order valence-corrected chi connectivity index (χ3v) is 4.22. The molecule has 0 radical (unpaired) electrons. The molecular formula is C18H22ClFN2O2. The van der Waals surface area contributed by atoms with Crippen LogP contribution >= 0.6 is 11.6 Å². The van der Waals surface area contributed by atoms with Gasteiger partial charge < -0.3 is 9.84 Å². The molecule has 1 N–H and O–H groups in total. The predicted octanol–water partition coefficient (Wildman–Crippen LogP) is 3.66. The molecule has 1 aromatic carbocycles. The highest BCUT2D eigenvalue weighted by molar-refractivity contribution is 6.32. The van der Waals surface area contributed by atoms with Crippen LogP contribution in [0.25, 0.3) is 0 Å². The molecule has 0 aliphatic heterocycles. The summed E-state index contributed by atoms with van der Waals surface area (Å²) in [6, 6.07) is 8.77. The average molecular weight is 353 g/mol. The Hall–Kier alpha value is -1.69. The normalized spacial score (nSPS) is 12.4. The molecule has 0 amide bonds. The zero-order valence-electron chi connectivity index (χ0n) is 13.9. The summed E-state index contributed by atoms with van der Waals surface area (Å²) in [5.41, 5.74) is 1.62. The Labute approximate surface area is 146 Å². The van der Waals surface area contributed by atoms with Crippen LogP contribution < -0.4 is 4.74 Å². The Kier molecular flexibility index (Phi) is 6.97. The number of aliphatic hydroxyl groups is 1. The maximum absolute atomic E-state index is 14.1. The smallest absolute Gasteiger partial charge is 0.173 e. The van der Waals surface area contributed by atoms with Gasteiger partial charge in [-0.05, 0) is 36.2 Å². The van der Waals surface area contributed by atoms with E-state index in [-0.39, 0.29) is 23.4 Å². The van der Waals surface area contributed by atoms with E-state index in [1.54, 1.807) is 12.3 Å². The van der Waals surface area contributed by atoms with Gasteiger partial charge in [0.25, 0.3) is 0 Å². The van der Waals surface area contributed by atoms with Crippen LogP contribution in [0.3, 0.4) is 0 Å². The number of benzene rings is 1. The van der Waals surface area contributed by atoms with Crippen LogP contribution in [0.15, 0.2) is 36.5 Å². The van der Waals surface area contributed by atoms with Gasteiger partial charge >= 0.3 is 0 Å². The van der Waals surface area contributed by atoms with Gasteiger partial charge in [0.05, 0.1) is 24.4 Å². The first kappa shape index (κ1) is 18.6. The molecule has 0 spiro atoms. The van der Waals surface area contributed by atoms with E-state index in [0.29, 0.717) is 13.1 Å². The number of aromatic nitrogens is 1. The second-order valence-electron chi connectivity index (χ2n) is 5.56. The van der Waals surface area contributed by atoms with Gasteiger partial charge in [-0.25, -0.2) is 4.39 Å². The van der Waals surface area contributed by atoms with E-state index in [1.165, 1.54) is 13.2 Å². The summed E-state index contributed by atoms with van der Waals surface area (Å²) in [5.74, 6) is -0.444. The van der Waals surface area contributed by atoms with E-state index in [9.17, 15) is 9.50 Å². The van der Waals surface area contributed by atoms with Gasteiger partial charge in [-0.1, -0.05) is 24.6 Å². The number of ether oxygens (including phenoxy) is 1. The molecule has 0 aliphatic rings. The molecule has 0 aliphatic carbocycles. The fraction of sp³-hybridized carbons (Fsp3) is 0.389. The van der Waals surface area contributed by atoms with Crippen molar-refractivity contribution in [2.45, 2.75) is 32.5 Å². The predicted molar refractivity (Wildman–Crippen MR) is 92.6 cm³/mol. The maximum atomic E-state index is 14.1. The molecule has 4 nitrogen and oxygen atoms in total. The Morgan fingerprint density at radius 3 is 2.67 bits per heavy atom. The molecule has 130 valence electrons. The van der Waals surface area contributed by atoms with Crippen LogP contribution in [0.2, 0.25) is 5.02 Å². The van der Waals surface area contributed by atoms with E-state index in [0.717, 1.165) is 17.7 Å². The lowest BCUT2D eigenvalue weighted by atomic mass is 10.1. The largest absolute Gasteiger partial charge is 0.492 e. The molecule has 1 unspecified atom stereocenters. The monoisotopic (exact) mass is 352 g/mol. The van der Waals surface area contributed by atoms with Gasteiger partial charge in [0.15, 0.2) is 11.6 Å². The van der Waals surface area contributed by atoms with Crippen molar-refractivity contribution in [3.8, 4) is 5.75 Å². The standard InChI is InChI=1S/C18H22ClFN2O2/c1-3-15(12-23)22(11-14-6-4-5-7-21-14)10-13-8-16(19)18(24-2)17(20)9-13/h4-9,15,23H,3,10-12H2,1-2H3. The minimum atomic E-state index is -0.491. The second-order valence-corrected chi connectivity index (χ2v) is 5.97. The average Bonchev–Trinajstić information content (AvgIpc) is 2.56. The molecule has 2 rings (SSSR count). The summed E-state index contributed by atoms with van der Waals surface area (Å²) in [7, 11) is 1.39. The SMILES string of the molecule is CCC(CO)N(Cc1cc(F)c(OC)c(Cl)c1)Cc1ccccn1. The number of rotatable bonds is 8. The van der Waals surface area contributed by atoms with Crippen molar-refractivity contribution in [3.05, 3.63) is 58.6 Å². The molecular weight excluding hydrogens is 331 g/mol. The number of aliphatic hydroxyl groups excluding tert-OH is 1. The van der Waals surface area contributed by atoms with E-state index < -0.39 is 5.82 Å². The first-order valence-electron chi connectivity index (χ1n) is 7.85. The van der Waals surface area contributed by atoms with Gasteiger partial charge in [-0.15, -0.1) is 0 Å². The summed E-state index contributed by atoms with van der Waals surface area (Å²) < 4.78 is 19.0. The number of hydrogen-bond donors (Lipinski definition) is 1. The third-order valence-electron chi connectivity index (χ3n) is 3.94. The summed E-state index contributed by atoms with van der Waals surface area (Å²) in [6.07, 6.45) is 2.51. The Morgan fingerprint density at radius 2 is 2.12 bits per heavy atom. The number of pyridine rings is 1. The van der Waals surface area contributed by atoms with E-state index in [4.69, 9.17) is 16.3 Å². The number of halogens is 2. The molecule has 1 heterocycles. The van der Waals surface area contributed by atoms with Crippen molar-refractivity contribution in [2.24, 2.45) is 0 Å². The fourth-order valence-electron chi connectivity index (χ4n) is 2.65. The Balaban J connectivity index is 2.24. The molecule has 0 saturated carbocycles. The van der Waals surface area contributed by atoms with Crippen molar-refractivity contribution < 1.29 is 14.2 Å². The van der Waals surface area contributed by atoms with Crippen molar-refractivity contribution in [1.29, 1.82) is 0 Å². The van der Waals surface area contributed by atoms with Crippen LogP contribution in [-0.2, 0) is 13.1 Å². The van der Waals surface area contributed by atoms with Gasteiger partial charge in [-0.3, -0.25) is 9.88 Å². The second kappa shape index (κ2) is 8.97. The Bertz CT molecular complexity index is 628. The zero-order chi connectivity index (χ0) is 17.5. The number of nitrogens with zero attached hydrogens (tertiary/aromatic N) is 2. The lowest BCUT2D eigenvalue weighted by Gasteiger charge is -2.29. The lowest BCUT2D eigenvalue weighted by molar-refractivity contribution is 0.105. The highest BCUT2D eigenvalue weighted by Gasteiger charge is 2.19. The molecule has 0 bridgehead atoms. The van der Waals surface area contributed by atoms with Crippen molar-refractivity contribution in [1.82, 2.24) is 9.88 Å². The maximum Gasteiger partial charge on any atom is 0.173 e. The van der Waals surface area contributed by atoms with Crippen LogP contribution in [-0.4, -0.2) is 34.7 Å². The number of methoxy groups -OCH3 is 1. The van der Waals surface area contributed by atoms with Crippen LogP contribution in [0, 0.1) is 5.82 Å². The molecule has 24 heavy (non-hydrogen) atoms. The third kappa shape index (κ3) is 4.66.